The average molecular weight is 364 g/mol. The van der Waals surface area contributed by atoms with E-state index < -0.39 is 6.17 Å². The Bertz CT molecular complexity index is 360. The van der Waals surface area contributed by atoms with E-state index in [0.29, 0.717) is 17.3 Å². The predicted molar refractivity (Wildman–Crippen MR) is 85.4 cm³/mol. The van der Waals surface area contributed by atoms with Gasteiger partial charge in [-0.05, 0) is 39.0 Å². The Morgan fingerprint density at radius 1 is 1.29 bits per heavy atom. The van der Waals surface area contributed by atoms with Gasteiger partial charge < -0.3 is 0 Å². The molecular weight excluding hydrogens is 337 g/mol. The molecular formula is C14H27BrFN5. The third-order valence-corrected chi connectivity index (χ3v) is 5.65. The van der Waals surface area contributed by atoms with E-state index in [2.05, 4.69) is 56.2 Å². The van der Waals surface area contributed by atoms with Gasteiger partial charge in [0.25, 0.3) is 0 Å². The summed E-state index contributed by atoms with van der Waals surface area (Å²) < 4.78 is 14.3. The van der Waals surface area contributed by atoms with Crippen molar-refractivity contribution in [1.82, 2.24) is 26.4 Å². The molecule has 0 spiro atoms. The van der Waals surface area contributed by atoms with Crippen molar-refractivity contribution in [3.63, 3.8) is 0 Å². The first-order valence-corrected chi connectivity index (χ1v) is 9.09. The number of alkyl halides is 2. The summed E-state index contributed by atoms with van der Waals surface area (Å²) in [6.45, 7) is 4.35. The minimum Gasteiger partial charge on any atom is -0.295 e. The first kappa shape index (κ1) is 16.1. The normalized spacial score (nSPS) is 48.3. The summed E-state index contributed by atoms with van der Waals surface area (Å²) in [4.78, 5) is 0.335. The van der Waals surface area contributed by atoms with Crippen molar-refractivity contribution in [2.24, 2.45) is 0 Å². The Morgan fingerprint density at radius 2 is 2.10 bits per heavy atom. The SMILES string of the molecule is CCC1NC2NC(C)CC(NC3CCC(Br)CC3F)N2N1. The van der Waals surface area contributed by atoms with Gasteiger partial charge in [0.05, 0.1) is 12.3 Å². The summed E-state index contributed by atoms with van der Waals surface area (Å²) >= 11 is 3.54. The van der Waals surface area contributed by atoms with Crippen LogP contribution in [0, 0.1) is 0 Å². The number of fused-ring (bicyclic) bond motifs is 1. The summed E-state index contributed by atoms with van der Waals surface area (Å²) in [5.74, 6) is 0. The van der Waals surface area contributed by atoms with E-state index in [4.69, 9.17) is 0 Å². The molecule has 0 amide bonds. The largest absolute Gasteiger partial charge is 0.295 e. The number of nitrogens with one attached hydrogen (secondary N) is 4. The van der Waals surface area contributed by atoms with E-state index >= 15 is 0 Å². The molecule has 5 nitrogen and oxygen atoms in total. The maximum atomic E-state index is 14.3. The predicted octanol–water partition coefficient (Wildman–Crippen LogP) is 1.37. The lowest BCUT2D eigenvalue weighted by molar-refractivity contribution is 0.00249. The summed E-state index contributed by atoms with van der Waals surface area (Å²) in [6.07, 6.45) is 4.39. The number of nitrogens with zero attached hydrogens (tertiary/aromatic N) is 1. The average Bonchev–Trinajstić information content (AvgIpc) is 2.85. The fraction of sp³-hybridized carbons (Fsp3) is 1.00. The van der Waals surface area contributed by atoms with Crippen LogP contribution in [0.5, 0.6) is 0 Å². The first-order valence-electron chi connectivity index (χ1n) is 8.17. The van der Waals surface area contributed by atoms with Crippen LogP contribution >= 0.6 is 15.9 Å². The molecule has 7 atom stereocenters. The van der Waals surface area contributed by atoms with Gasteiger partial charge >= 0.3 is 0 Å². The van der Waals surface area contributed by atoms with Crippen molar-refractivity contribution in [3.8, 4) is 0 Å². The molecule has 0 radical (unpaired) electrons. The van der Waals surface area contributed by atoms with E-state index in [1.807, 2.05) is 0 Å². The Hall–Kier alpha value is 0.210. The van der Waals surface area contributed by atoms with Crippen molar-refractivity contribution in [2.75, 3.05) is 0 Å². The molecule has 3 fully saturated rings. The van der Waals surface area contributed by atoms with Crippen LogP contribution in [0.25, 0.3) is 0 Å². The maximum Gasteiger partial charge on any atom is 0.130 e. The highest BCUT2D eigenvalue weighted by Gasteiger charge is 2.41. The summed E-state index contributed by atoms with van der Waals surface area (Å²) in [5.41, 5.74) is 3.49. The standard InChI is InChI=1S/C14H27BrFN5/c1-3-12-19-14-17-8(2)6-13(21(14)20-12)18-11-5-4-9(15)7-10(11)16/h8-14,17-20H,3-7H2,1-2H3. The molecule has 2 heterocycles. The first-order chi connectivity index (χ1) is 10.1. The van der Waals surface area contributed by atoms with Gasteiger partial charge in [-0.1, -0.05) is 22.9 Å². The highest BCUT2D eigenvalue weighted by molar-refractivity contribution is 9.09. The molecule has 4 N–H and O–H groups in total. The van der Waals surface area contributed by atoms with Gasteiger partial charge in [0.15, 0.2) is 0 Å². The number of halogens is 2. The van der Waals surface area contributed by atoms with Gasteiger partial charge in [0.2, 0.25) is 0 Å². The summed E-state index contributed by atoms with van der Waals surface area (Å²) in [6, 6.07) is 0.386. The Kier molecular flexibility index (Phi) is 5.18. The van der Waals surface area contributed by atoms with Crippen LogP contribution in [0.3, 0.4) is 0 Å². The summed E-state index contributed by atoms with van der Waals surface area (Å²) in [7, 11) is 0. The van der Waals surface area contributed by atoms with E-state index in [0.717, 1.165) is 25.7 Å². The zero-order valence-corrected chi connectivity index (χ0v) is 14.4. The molecule has 2 aliphatic heterocycles. The molecule has 0 aromatic carbocycles. The highest BCUT2D eigenvalue weighted by atomic mass is 79.9. The molecule has 122 valence electrons. The van der Waals surface area contributed by atoms with Crippen LogP contribution in [0.2, 0.25) is 0 Å². The quantitative estimate of drug-likeness (QED) is 0.570. The molecule has 7 heteroatoms. The van der Waals surface area contributed by atoms with Crippen molar-refractivity contribution in [3.05, 3.63) is 0 Å². The Labute approximate surface area is 134 Å². The molecule has 0 aromatic heterocycles. The van der Waals surface area contributed by atoms with Gasteiger partial charge in [-0.15, -0.1) is 0 Å². The minimum absolute atomic E-state index is 0.0303. The molecule has 1 aliphatic carbocycles. The highest BCUT2D eigenvalue weighted by Crippen LogP contribution is 2.28. The van der Waals surface area contributed by atoms with E-state index in [-0.39, 0.29) is 24.7 Å². The fourth-order valence-corrected chi connectivity index (χ4v) is 4.23. The monoisotopic (exact) mass is 363 g/mol. The molecule has 0 bridgehead atoms. The second-order valence-corrected chi connectivity index (χ2v) is 7.88. The lowest BCUT2D eigenvalue weighted by atomic mass is 9.93. The Balaban J connectivity index is 1.63. The number of hydrazine groups is 1. The van der Waals surface area contributed by atoms with E-state index in [1.54, 1.807) is 0 Å². The van der Waals surface area contributed by atoms with Crippen molar-refractivity contribution >= 4 is 15.9 Å². The van der Waals surface area contributed by atoms with Gasteiger partial charge in [-0.2, -0.15) is 5.01 Å². The second kappa shape index (κ2) is 6.76. The molecule has 7 unspecified atom stereocenters. The molecule has 0 aromatic rings. The van der Waals surface area contributed by atoms with E-state index in [1.165, 1.54) is 0 Å². The molecule has 3 aliphatic rings. The smallest absolute Gasteiger partial charge is 0.130 e. The minimum atomic E-state index is -0.760. The fourth-order valence-electron chi connectivity index (χ4n) is 3.61. The Morgan fingerprint density at radius 3 is 2.81 bits per heavy atom. The van der Waals surface area contributed by atoms with E-state index in [9.17, 15) is 4.39 Å². The third-order valence-electron chi connectivity index (χ3n) is 4.82. The number of hydrogen-bond donors (Lipinski definition) is 4. The van der Waals surface area contributed by atoms with Gasteiger partial charge in [0.1, 0.15) is 12.5 Å². The van der Waals surface area contributed by atoms with Crippen LogP contribution in [-0.4, -0.2) is 46.7 Å². The van der Waals surface area contributed by atoms with Gasteiger partial charge in [-0.25, -0.2) is 9.82 Å². The van der Waals surface area contributed by atoms with Crippen LogP contribution in [0.15, 0.2) is 0 Å². The lowest BCUT2D eigenvalue weighted by Gasteiger charge is -2.43. The summed E-state index contributed by atoms with van der Waals surface area (Å²) in [5, 5.41) is 12.8. The van der Waals surface area contributed by atoms with Crippen LogP contribution in [-0.2, 0) is 0 Å². The number of rotatable bonds is 3. The van der Waals surface area contributed by atoms with Crippen molar-refractivity contribution in [1.29, 1.82) is 0 Å². The molecule has 3 rings (SSSR count). The molecule has 2 saturated heterocycles. The van der Waals surface area contributed by atoms with Crippen molar-refractivity contribution < 1.29 is 4.39 Å². The maximum absolute atomic E-state index is 14.3. The zero-order chi connectivity index (χ0) is 15.0. The third kappa shape index (κ3) is 3.59. The van der Waals surface area contributed by atoms with Crippen LogP contribution < -0.4 is 21.4 Å². The van der Waals surface area contributed by atoms with Crippen LogP contribution in [0.1, 0.15) is 46.0 Å². The van der Waals surface area contributed by atoms with Crippen LogP contribution in [0.4, 0.5) is 4.39 Å². The second-order valence-electron chi connectivity index (χ2n) is 6.59. The zero-order valence-electron chi connectivity index (χ0n) is 12.8. The topological polar surface area (TPSA) is 51.4 Å². The molecule has 1 saturated carbocycles. The lowest BCUT2D eigenvalue weighted by Crippen LogP contribution is -2.67. The van der Waals surface area contributed by atoms with Crippen molar-refractivity contribution in [2.45, 2.75) is 87.7 Å². The van der Waals surface area contributed by atoms with Gasteiger partial charge in [-0.3, -0.25) is 16.0 Å². The molecule has 21 heavy (non-hydrogen) atoms. The van der Waals surface area contributed by atoms with Gasteiger partial charge in [0, 0.05) is 16.9 Å². The number of hydrogen-bond acceptors (Lipinski definition) is 5.